The van der Waals surface area contributed by atoms with Gasteiger partial charge in [0.05, 0.1) is 25.7 Å². The maximum absolute atomic E-state index is 11.2. The van der Waals surface area contributed by atoms with Gasteiger partial charge in [-0.25, -0.2) is 0 Å². The molecule has 4 heteroatoms. The van der Waals surface area contributed by atoms with Crippen molar-refractivity contribution in [1.29, 1.82) is 0 Å². The summed E-state index contributed by atoms with van der Waals surface area (Å²) in [6.07, 6.45) is 1.64. The van der Waals surface area contributed by atoms with Gasteiger partial charge in [-0.1, -0.05) is 29.8 Å². The molecule has 1 aromatic carbocycles. The Morgan fingerprint density at radius 1 is 1.41 bits per heavy atom. The molecule has 0 bridgehead atoms. The Morgan fingerprint density at radius 2 is 2.12 bits per heavy atom. The van der Waals surface area contributed by atoms with Gasteiger partial charge in [0.1, 0.15) is 0 Å². The number of ether oxygens (including phenoxy) is 2. The molecule has 0 atom stereocenters. The smallest absolute Gasteiger partial charge is 0.308 e. The van der Waals surface area contributed by atoms with E-state index in [9.17, 15) is 4.79 Å². The van der Waals surface area contributed by atoms with E-state index in [-0.39, 0.29) is 18.0 Å². The zero-order valence-electron chi connectivity index (χ0n) is 9.69. The predicted octanol–water partition coefficient (Wildman–Crippen LogP) is 2.81. The maximum atomic E-state index is 11.2. The summed E-state index contributed by atoms with van der Waals surface area (Å²) in [5, 5.41) is 0.719. The highest BCUT2D eigenvalue weighted by Crippen LogP contribution is 2.32. The van der Waals surface area contributed by atoms with E-state index in [1.807, 2.05) is 24.3 Å². The van der Waals surface area contributed by atoms with E-state index < -0.39 is 0 Å². The molecule has 92 valence electrons. The third-order valence-corrected chi connectivity index (χ3v) is 3.43. The average molecular weight is 255 g/mol. The zero-order chi connectivity index (χ0) is 12.3. The SMILES string of the molecule is COC(=O)C1CC(OCc2ccccc2Cl)C1. The summed E-state index contributed by atoms with van der Waals surface area (Å²) in [6.45, 7) is 0.498. The van der Waals surface area contributed by atoms with Crippen LogP contribution in [-0.4, -0.2) is 19.2 Å². The van der Waals surface area contributed by atoms with Gasteiger partial charge in [-0.2, -0.15) is 0 Å². The molecule has 0 aromatic heterocycles. The molecule has 1 saturated carbocycles. The Bertz CT molecular complexity index is 399. The van der Waals surface area contributed by atoms with Crippen LogP contribution in [0.2, 0.25) is 5.02 Å². The van der Waals surface area contributed by atoms with Gasteiger partial charge >= 0.3 is 5.97 Å². The summed E-state index contributed by atoms with van der Waals surface area (Å²) >= 11 is 6.02. The number of hydrogen-bond acceptors (Lipinski definition) is 3. The van der Waals surface area contributed by atoms with Crippen molar-refractivity contribution < 1.29 is 14.3 Å². The van der Waals surface area contributed by atoms with Crippen LogP contribution in [0.15, 0.2) is 24.3 Å². The second-order valence-corrected chi connectivity index (χ2v) is 4.62. The fourth-order valence-corrected chi connectivity index (χ4v) is 2.07. The quantitative estimate of drug-likeness (QED) is 0.775. The van der Waals surface area contributed by atoms with Crippen LogP contribution < -0.4 is 0 Å². The molecular formula is C13H15ClO3. The molecule has 0 amide bonds. The molecular weight excluding hydrogens is 240 g/mol. The Hall–Kier alpha value is -1.06. The summed E-state index contributed by atoms with van der Waals surface area (Å²) in [6, 6.07) is 7.61. The standard InChI is InChI=1S/C13H15ClO3/c1-16-13(15)10-6-11(7-10)17-8-9-4-2-3-5-12(9)14/h2-5,10-11H,6-8H2,1H3. The number of carbonyl (C=O) groups excluding carboxylic acids is 1. The van der Waals surface area contributed by atoms with Gasteiger partial charge in [0.2, 0.25) is 0 Å². The van der Waals surface area contributed by atoms with Crippen LogP contribution in [-0.2, 0) is 20.9 Å². The van der Waals surface area contributed by atoms with Gasteiger partial charge in [0.25, 0.3) is 0 Å². The summed E-state index contributed by atoms with van der Waals surface area (Å²) < 4.78 is 10.3. The maximum Gasteiger partial charge on any atom is 0.308 e. The summed E-state index contributed by atoms with van der Waals surface area (Å²) in [5.41, 5.74) is 0.982. The summed E-state index contributed by atoms with van der Waals surface area (Å²) in [4.78, 5) is 11.2. The van der Waals surface area contributed by atoms with Crippen LogP contribution in [0, 0.1) is 5.92 Å². The van der Waals surface area contributed by atoms with Crippen molar-refractivity contribution >= 4 is 17.6 Å². The highest BCUT2D eigenvalue weighted by molar-refractivity contribution is 6.31. The molecule has 0 spiro atoms. The molecule has 0 aliphatic heterocycles. The molecule has 1 fully saturated rings. The van der Waals surface area contributed by atoms with Crippen LogP contribution in [0.3, 0.4) is 0 Å². The van der Waals surface area contributed by atoms with E-state index in [4.69, 9.17) is 16.3 Å². The van der Waals surface area contributed by atoms with Crippen LogP contribution in [0.5, 0.6) is 0 Å². The first kappa shape index (κ1) is 12.4. The minimum atomic E-state index is -0.136. The van der Waals surface area contributed by atoms with Gasteiger partial charge in [0.15, 0.2) is 0 Å². The first-order valence-electron chi connectivity index (χ1n) is 5.63. The van der Waals surface area contributed by atoms with Crippen molar-refractivity contribution in [2.45, 2.75) is 25.6 Å². The number of benzene rings is 1. The molecule has 0 heterocycles. The molecule has 2 rings (SSSR count). The average Bonchev–Trinajstić information content (AvgIpc) is 2.28. The van der Waals surface area contributed by atoms with Crippen LogP contribution in [0.4, 0.5) is 0 Å². The van der Waals surface area contributed by atoms with E-state index in [1.54, 1.807) is 0 Å². The van der Waals surface area contributed by atoms with Crippen molar-refractivity contribution in [3.8, 4) is 0 Å². The molecule has 0 N–H and O–H groups in total. The van der Waals surface area contributed by atoms with Crippen molar-refractivity contribution in [3.63, 3.8) is 0 Å². The molecule has 3 nitrogen and oxygen atoms in total. The van der Waals surface area contributed by atoms with Crippen LogP contribution in [0.25, 0.3) is 0 Å². The van der Waals surface area contributed by atoms with E-state index in [0.717, 1.165) is 23.4 Å². The molecule has 0 saturated heterocycles. The lowest BCUT2D eigenvalue weighted by atomic mass is 9.82. The molecule has 1 aliphatic carbocycles. The van der Waals surface area contributed by atoms with Crippen molar-refractivity contribution in [1.82, 2.24) is 0 Å². The van der Waals surface area contributed by atoms with Gasteiger partial charge in [-0.3, -0.25) is 4.79 Å². The molecule has 0 radical (unpaired) electrons. The van der Waals surface area contributed by atoms with Crippen molar-refractivity contribution in [2.24, 2.45) is 5.92 Å². The lowest BCUT2D eigenvalue weighted by Crippen LogP contribution is -2.36. The molecule has 1 aromatic rings. The molecule has 17 heavy (non-hydrogen) atoms. The Balaban J connectivity index is 1.75. The third-order valence-electron chi connectivity index (χ3n) is 3.06. The first-order valence-corrected chi connectivity index (χ1v) is 6.01. The minimum absolute atomic E-state index is 0.0104. The van der Waals surface area contributed by atoms with Gasteiger partial charge in [-0.15, -0.1) is 0 Å². The highest BCUT2D eigenvalue weighted by atomic mass is 35.5. The fourth-order valence-electron chi connectivity index (χ4n) is 1.88. The number of hydrogen-bond donors (Lipinski definition) is 0. The molecule has 0 unspecified atom stereocenters. The number of halogens is 1. The van der Waals surface area contributed by atoms with Crippen LogP contribution >= 0.6 is 11.6 Å². The number of methoxy groups -OCH3 is 1. The number of esters is 1. The zero-order valence-corrected chi connectivity index (χ0v) is 10.4. The lowest BCUT2D eigenvalue weighted by molar-refractivity contribution is -0.155. The second kappa shape index (κ2) is 5.52. The normalized spacial score (nSPS) is 22.9. The highest BCUT2D eigenvalue weighted by Gasteiger charge is 2.35. The Morgan fingerprint density at radius 3 is 2.76 bits per heavy atom. The second-order valence-electron chi connectivity index (χ2n) is 4.22. The predicted molar refractivity (Wildman–Crippen MR) is 64.8 cm³/mol. The van der Waals surface area contributed by atoms with Crippen molar-refractivity contribution in [2.75, 3.05) is 7.11 Å². The fraction of sp³-hybridized carbons (Fsp3) is 0.462. The number of rotatable bonds is 4. The van der Waals surface area contributed by atoms with Gasteiger partial charge in [-0.05, 0) is 24.5 Å². The van der Waals surface area contributed by atoms with E-state index in [2.05, 4.69) is 4.74 Å². The summed E-state index contributed by atoms with van der Waals surface area (Å²) in [5.74, 6) is -0.126. The third kappa shape index (κ3) is 2.99. The van der Waals surface area contributed by atoms with Crippen molar-refractivity contribution in [3.05, 3.63) is 34.9 Å². The first-order chi connectivity index (χ1) is 8.20. The van der Waals surface area contributed by atoms with Gasteiger partial charge < -0.3 is 9.47 Å². The Kier molecular flexibility index (Phi) is 4.02. The molecule has 1 aliphatic rings. The monoisotopic (exact) mass is 254 g/mol. The largest absolute Gasteiger partial charge is 0.469 e. The number of carbonyl (C=O) groups is 1. The van der Waals surface area contributed by atoms with E-state index >= 15 is 0 Å². The van der Waals surface area contributed by atoms with E-state index in [0.29, 0.717) is 6.61 Å². The minimum Gasteiger partial charge on any atom is -0.469 e. The lowest BCUT2D eigenvalue weighted by Gasteiger charge is -2.33. The Labute approximate surface area is 106 Å². The van der Waals surface area contributed by atoms with Crippen LogP contribution in [0.1, 0.15) is 18.4 Å². The van der Waals surface area contributed by atoms with E-state index in [1.165, 1.54) is 7.11 Å². The topological polar surface area (TPSA) is 35.5 Å². The van der Waals surface area contributed by atoms with Gasteiger partial charge in [0, 0.05) is 5.02 Å². The summed E-state index contributed by atoms with van der Waals surface area (Å²) in [7, 11) is 1.42.